The smallest absolute Gasteiger partial charge is 0.257 e. The molecule has 1 amide bonds. The molecule has 8 heteroatoms. The Bertz CT molecular complexity index is 1150. The highest BCUT2D eigenvalue weighted by molar-refractivity contribution is 14.1. The number of benzene rings is 2. The summed E-state index contributed by atoms with van der Waals surface area (Å²) in [5.74, 6) is -0.632. The Hall–Kier alpha value is -2.88. The van der Waals surface area contributed by atoms with E-state index in [1.807, 2.05) is 37.3 Å². The number of hydrogen-bond donors (Lipinski definition) is 2. The fourth-order valence-electron chi connectivity index (χ4n) is 3.35. The lowest BCUT2D eigenvalue weighted by Crippen LogP contribution is -2.42. The molecule has 0 saturated heterocycles. The Morgan fingerprint density at radius 2 is 1.74 bits per heavy atom. The number of phenols is 1. The van der Waals surface area contributed by atoms with Crippen LogP contribution in [0.25, 0.3) is 0 Å². The molecule has 0 spiro atoms. The normalized spacial score (nSPS) is 11.9. The summed E-state index contributed by atoms with van der Waals surface area (Å²) >= 11 is 2.06. The van der Waals surface area contributed by atoms with Gasteiger partial charge in [0.25, 0.3) is 16.8 Å². The van der Waals surface area contributed by atoms with Gasteiger partial charge in [0.1, 0.15) is 11.4 Å². The van der Waals surface area contributed by atoms with Gasteiger partial charge in [-0.3, -0.25) is 14.4 Å². The van der Waals surface area contributed by atoms with E-state index in [0.29, 0.717) is 0 Å². The first-order chi connectivity index (χ1) is 14.8. The third-order valence-corrected chi connectivity index (χ3v) is 6.41. The van der Waals surface area contributed by atoms with Gasteiger partial charge in [0.05, 0.1) is 34.1 Å². The first-order valence-corrected chi connectivity index (χ1v) is 10.9. The number of carbonyl (C=O) groups excluding carboxylic acids is 1. The summed E-state index contributed by atoms with van der Waals surface area (Å²) in [4.78, 5) is 38.4. The molecule has 0 aliphatic heterocycles. The zero-order chi connectivity index (χ0) is 22.7. The third kappa shape index (κ3) is 4.58. The highest BCUT2D eigenvalue weighted by atomic mass is 127. The number of amides is 1. The lowest BCUT2D eigenvalue weighted by Gasteiger charge is -2.29. The summed E-state index contributed by atoms with van der Waals surface area (Å²) in [7, 11) is 3.17. The van der Waals surface area contributed by atoms with Crippen LogP contribution in [0, 0.1) is 0 Å². The highest BCUT2D eigenvalue weighted by Crippen LogP contribution is 2.35. The molecule has 0 bridgehead atoms. The van der Waals surface area contributed by atoms with Crippen LogP contribution in [0.1, 0.15) is 29.3 Å². The fraction of sp³-hybridized carbons (Fsp3) is 0.261. The van der Waals surface area contributed by atoms with Gasteiger partial charge in [-0.2, -0.15) is 0 Å². The Balaban J connectivity index is 1.90. The molecule has 0 saturated carbocycles. The molecule has 0 unspecified atom stereocenters. The number of rotatable bonds is 8. The molecule has 0 radical (unpaired) electrons. The predicted octanol–water partition coefficient (Wildman–Crippen LogP) is 3.61. The van der Waals surface area contributed by atoms with E-state index in [9.17, 15) is 19.5 Å². The van der Waals surface area contributed by atoms with Crippen molar-refractivity contribution in [2.45, 2.75) is 25.8 Å². The zero-order valence-corrected chi connectivity index (χ0v) is 19.7. The van der Waals surface area contributed by atoms with Crippen molar-refractivity contribution >= 4 is 45.8 Å². The molecule has 3 aromatic carbocycles. The van der Waals surface area contributed by atoms with E-state index in [4.69, 9.17) is 0 Å². The SMILES string of the molecule is CC[C@H](Cc1ccccc1)N(I)c1c(Nc2cccc(C(=O)N(C)C)c2O)c(=O)c1=O. The lowest BCUT2D eigenvalue weighted by atomic mass is 10.0. The summed E-state index contributed by atoms with van der Waals surface area (Å²) in [6.07, 6.45) is 1.49. The highest BCUT2D eigenvalue weighted by Gasteiger charge is 2.30. The molecule has 0 aliphatic rings. The molecule has 2 N–H and O–H groups in total. The van der Waals surface area contributed by atoms with Crippen LogP contribution < -0.4 is 19.3 Å². The molecule has 0 heterocycles. The number of aromatic hydroxyl groups is 1. The van der Waals surface area contributed by atoms with E-state index in [1.54, 1.807) is 29.3 Å². The zero-order valence-electron chi connectivity index (χ0n) is 17.6. The number of nitrogens with zero attached hydrogens (tertiary/aromatic N) is 2. The second kappa shape index (κ2) is 9.51. The van der Waals surface area contributed by atoms with E-state index in [-0.39, 0.29) is 40.3 Å². The summed E-state index contributed by atoms with van der Waals surface area (Å²) in [5.41, 5.74) is 0.627. The van der Waals surface area contributed by atoms with E-state index < -0.39 is 10.9 Å². The number of para-hydroxylation sites is 1. The minimum atomic E-state index is -0.644. The standard InChI is InChI=1S/C23H24IN3O4/c1-4-15(13-14-9-6-5-7-10-14)27(24)19-18(21(29)22(19)30)25-17-12-8-11-16(20(17)28)23(31)26(2)3/h5-12,15,25,28H,4,13H2,1-3H3/t15-/m1/s1. The number of carbonyl (C=O) groups is 1. The molecule has 7 nitrogen and oxygen atoms in total. The Morgan fingerprint density at radius 1 is 1.06 bits per heavy atom. The van der Waals surface area contributed by atoms with Crippen LogP contribution in [-0.4, -0.2) is 36.1 Å². The number of phenolic OH excluding ortho intramolecular Hbond substituents is 1. The minimum absolute atomic E-state index is 0.00194. The topological polar surface area (TPSA) is 89.9 Å². The fourth-order valence-corrected chi connectivity index (χ4v) is 4.40. The molecule has 1 atom stereocenters. The van der Waals surface area contributed by atoms with Crippen LogP contribution in [0.15, 0.2) is 58.1 Å². The molecule has 0 fully saturated rings. The van der Waals surface area contributed by atoms with Crippen LogP contribution in [0.4, 0.5) is 17.1 Å². The van der Waals surface area contributed by atoms with Crippen LogP contribution in [-0.2, 0) is 6.42 Å². The summed E-state index contributed by atoms with van der Waals surface area (Å²) < 4.78 is 1.79. The van der Waals surface area contributed by atoms with Crippen molar-refractivity contribution in [3.63, 3.8) is 0 Å². The van der Waals surface area contributed by atoms with Crippen molar-refractivity contribution in [2.24, 2.45) is 0 Å². The van der Waals surface area contributed by atoms with E-state index in [0.717, 1.165) is 18.4 Å². The summed E-state index contributed by atoms with van der Waals surface area (Å²) in [6.45, 7) is 2.03. The van der Waals surface area contributed by atoms with Gasteiger partial charge in [-0.25, -0.2) is 0 Å². The van der Waals surface area contributed by atoms with Crippen molar-refractivity contribution in [1.29, 1.82) is 0 Å². The second-order valence-corrected chi connectivity index (χ2v) is 8.51. The van der Waals surface area contributed by atoms with Gasteiger partial charge in [-0.1, -0.05) is 43.3 Å². The van der Waals surface area contributed by atoms with Gasteiger partial charge < -0.3 is 18.4 Å². The molecule has 3 aromatic rings. The van der Waals surface area contributed by atoms with Gasteiger partial charge in [0.2, 0.25) is 0 Å². The average Bonchev–Trinajstić information content (AvgIpc) is 2.77. The molecule has 3 rings (SSSR count). The Morgan fingerprint density at radius 3 is 2.35 bits per heavy atom. The van der Waals surface area contributed by atoms with Gasteiger partial charge in [0, 0.05) is 20.1 Å². The van der Waals surface area contributed by atoms with Gasteiger partial charge >= 0.3 is 0 Å². The number of halogens is 1. The number of nitrogens with one attached hydrogen (secondary N) is 1. The van der Waals surface area contributed by atoms with Gasteiger partial charge in [0.15, 0.2) is 5.75 Å². The van der Waals surface area contributed by atoms with Crippen molar-refractivity contribution in [3.05, 3.63) is 80.1 Å². The van der Waals surface area contributed by atoms with Crippen LogP contribution in [0.3, 0.4) is 0 Å². The van der Waals surface area contributed by atoms with Crippen molar-refractivity contribution < 1.29 is 9.90 Å². The average molecular weight is 533 g/mol. The van der Waals surface area contributed by atoms with Crippen molar-refractivity contribution in [3.8, 4) is 5.75 Å². The maximum absolute atomic E-state index is 12.4. The quantitative estimate of drug-likeness (QED) is 0.199. The Labute approximate surface area is 194 Å². The summed E-state index contributed by atoms with van der Waals surface area (Å²) in [5, 5.41) is 13.4. The number of hydrogen-bond acceptors (Lipinski definition) is 6. The van der Waals surface area contributed by atoms with Crippen LogP contribution >= 0.6 is 22.9 Å². The van der Waals surface area contributed by atoms with Crippen LogP contribution in [0.5, 0.6) is 5.75 Å². The van der Waals surface area contributed by atoms with Crippen LogP contribution in [0.2, 0.25) is 0 Å². The summed E-state index contributed by atoms with van der Waals surface area (Å²) in [6, 6.07) is 14.6. The predicted molar refractivity (Wildman–Crippen MR) is 131 cm³/mol. The lowest BCUT2D eigenvalue weighted by molar-refractivity contribution is 0.0824. The first kappa shape index (κ1) is 22.8. The molecule has 31 heavy (non-hydrogen) atoms. The van der Waals surface area contributed by atoms with Crippen molar-refractivity contribution in [2.75, 3.05) is 22.5 Å². The van der Waals surface area contributed by atoms with Gasteiger partial charge in [-0.15, -0.1) is 0 Å². The van der Waals surface area contributed by atoms with E-state index >= 15 is 0 Å². The third-order valence-electron chi connectivity index (χ3n) is 5.14. The first-order valence-electron chi connectivity index (χ1n) is 9.89. The minimum Gasteiger partial charge on any atom is -0.505 e. The second-order valence-electron chi connectivity index (χ2n) is 7.47. The molecule has 0 aliphatic carbocycles. The Kier molecular flexibility index (Phi) is 6.99. The van der Waals surface area contributed by atoms with E-state index in [2.05, 4.69) is 28.2 Å². The number of anilines is 3. The molecule has 0 aromatic heterocycles. The van der Waals surface area contributed by atoms with Gasteiger partial charge in [-0.05, 0) is 30.5 Å². The maximum atomic E-state index is 12.4. The molecular weight excluding hydrogens is 509 g/mol. The largest absolute Gasteiger partial charge is 0.505 e. The van der Waals surface area contributed by atoms with Crippen molar-refractivity contribution in [1.82, 2.24) is 4.90 Å². The van der Waals surface area contributed by atoms with E-state index in [1.165, 1.54) is 11.0 Å². The molecular formula is C23H24IN3O4. The maximum Gasteiger partial charge on any atom is 0.257 e. The monoisotopic (exact) mass is 533 g/mol. The molecule has 162 valence electrons.